The first-order valence-corrected chi connectivity index (χ1v) is 10.3. The van der Waals surface area contributed by atoms with E-state index in [9.17, 15) is 14.4 Å². The SMILES string of the molecule is COc1ccc(NC(=O)CN2C(=O)C(C)(C)Oc3ccc(C(=O)NC(C)(C)C)cc32)cc1. The minimum atomic E-state index is -1.15. The summed E-state index contributed by atoms with van der Waals surface area (Å²) >= 11 is 0. The Bertz CT molecular complexity index is 1040. The second-order valence-corrected chi connectivity index (χ2v) is 9.17. The number of ether oxygens (including phenoxy) is 2. The summed E-state index contributed by atoms with van der Waals surface area (Å²) in [6.07, 6.45) is 0. The summed E-state index contributed by atoms with van der Waals surface area (Å²) < 4.78 is 11.0. The highest BCUT2D eigenvalue weighted by atomic mass is 16.5. The fourth-order valence-corrected chi connectivity index (χ4v) is 3.30. The van der Waals surface area contributed by atoms with E-state index in [1.54, 1.807) is 63.4 Å². The molecule has 8 nitrogen and oxygen atoms in total. The standard InChI is InChI=1S/C24H29N3O5/c1-23(2,3)26-21(29)15-7-12-19-18(13-15)27(22(30)24(4,5)32-19)14-20(28)25-16-8-10-17(31-6)11-9-16/h7-13H,14H2,1-6H3,(H,25,28)(H,26,29). The molecule has 8 heteroatoms. The molecule has 1 heterocycles. The van der Waals surface area contributed by atoms with Crippen molar-refractivity contribution in [2.45, 2.75) is 45.8 Å². The zero-order chi connectivity index (χ0) is 23.7. The molecule has 3 amide bonds. The highest BCUT2D eigenvalue weighted by Gasteiger charge is 2.42. The van der Waals surface area contributed by atoms with Crippen molar-refractivity contribution < 1.29 is 23.9 Å². The molecule has 0 aromatic heterocycles. The van der Waals surface area contributed by atoms with Gasteiger partial charge in [-0.05, 0) is 77.1 Å². The van der Waals surface area contributed by atoms with Gasteiger partial charge in [0.25, 0.3) is 11.8 Å². The molecule has 0 bridgehead atoms. The predicted octanol–water partition coefficient (Wildman–Crippen LogP) is 3.37. The van der Waals surface area contributed by atoms with Crippen LogP contribution in [0.25, 0.3) is 0 Å². The number of anilines is 2. The van der Waals surface area contributed by atoms with E-state index in [0.29, 0.717) is 28.4 Å². The van der Waals surface area contributed by atoms with Crippen LogP contribution in [-0.2, 0) is 9.59 Å². The van der Waals surface area contributed by atoms with E-state index in [-0.39, 0.29) is 24.3 Å². The Morgan fingerprint density at radius 2 is 1.75 bits per heavy atom. The molecule has 2 aromatic carbocycles. The third-order valence-corrected chi connectivity index (χ3v) is 4.80. The molecule has 0 saturated heterocycles. The summed E-state index contributed by atoms with van der Waals surface area (Å²) in [4.78, 5) is 39.8. The predicted molar refractivity (Wildman–Crippen MR) is 122 cm³/mol. The van der Waals surface area contributed by atoms with Crippen LogP contribution >= 0.6 is 0 Å². The van der Waals surface area contributed by atoms with Gasteiger partial charge in [0.1, 0.15) is 18.0 Å². The zero-order valence-electron chi connectivity index (χ0n) is 19.2. The molecule has 0 saturated carbocycles. The van der Waals surface area contributed by atoms with Crippen LogP contribution in [0.2, 0.25) is 0 Å². The molecule has 0 aliphatic carbocycles. The van der Waals surface area contributed by atoms with Gasteiger partial charge in [0.2, 0.25) is 5.91 Å². The molecular weight excluding hydrogens is 410 g/mol. The lowest BCUT2D eigenvalue weighted by molar-refractivity contribution is -0.133. The largest absolute Gasteiger partial charge is 0.497 e. The summed E-state index contributed by atoms with van der Waals surface area (Å²) in [5.74, 6) is 0.0717. The van der Waals surface area contributed by atoms with Gasteiger partial charge in [0, 0.05) is 16.8 Å². The average Bonchev–Trinajstić information content (AvgIpc) is 2.70. The summed E-state index contributed by atoms with van der Waals surface area (Å²) in [5.41, 5.74) is -0.243. The molecule has 2 aromatic rings. The number of nitrogens with one attached hydrogen (secondary N) is 2. The molecule has 0 spiro atoms. The fourth-order valence-electron chi connectivity index (χ4n) is 3.30. The number of benzene rings is 2. The summed E-state index contributed by atoms with van der Waals surface area (Å²) in [6, 6.07) is 11.7. The van der Waals surface area contributed by atoms with Gasteiger partial charge in [-0.15, -0.1) is 0 Å². The van der Waals surface area contributed by atoms with Gasteiger partial charge in [0.15, 0.2) is 5.60 Å². The van der Waals surface area contributed by atoms with Crippen LogP contribution in [0.15, 0.2) is 42.5 Å². The number of amides is 3. The van der Waals surface area contributed by atoms with Crippen molar-refractivity contribution in [1.82, 2.24) is 5.32 Å². The van der Waals surface area contributed by atoms with Crippen molar-refractivity contribution in [2.75, 3.05) is 23.9 Å². The van der Waals surface area contributed by atoms with Gasteiger partial charge in [0.05, 0.1) is 12.8 Å². The summed E-state index contributed by atoms with van der Waals surface area (Å²) in [7, 11) is 1.56. The van der Waals surface area contributed by atoms with Crippen molar-refractivity contribution >= 4 is 29.1 Å². The molecule has 0 fully saturated rings. The molecule has 32 heavy (non-hydrogen) atoms. The van der Waals surface area contributed by atoms with Crippen LogP contribution in [0.4, 0.5) is 11.4 Å². The van der Waals surface area contributed by atoms with Gasteiger partial charge in [-0.2, -0.15) is 0 Å². The monoisotopic (exact) mass is 439 g/mol. The van der Waals surface area contributed by atoms with Crippen LogP contribution in [0.5, 0.6) is 11.5 Å². The first-order valence-electron chi connectivity index (χ1n) is 10.3. The van der Waals surface area contributed by atoms with E-state index in [2.05, 4.69) is 10.6 Å². The van der Waals surface area contributed by atoms with Crippen molar-refractivity contribution in [2.24, 2.45) is 0 Å². The van der Waals surface area contributed by atoms with Crippen LogP contribution in [0.3, 0.4) is 0 Å². The number of fused-ring (bicyclic) bond motifs is 1. The Hall–Kier alpha value is -3.55. The molecule has 1 aliphatic heterocycles. The van der Waals surface area contributed by atoms with Crippen LogP contribution < -0.4 is 25.0 Å². The normalized spacial score (nSPS) is 14.8. The Morgan fingerprint density at radius 1 is 1.09 bits per heavy atom. The van der Waals surface area contributed by atoms with Gasteiger partial charge >= 0.3 is 0 Å². The van der Waals surface area contributed by atoms with Gasteiger partial charge < -0.3 is 20.1 Å². The molecular formula is C24H29N3O5. The van der Waals surface area contributed by atoms with Gasteiger partial charge in [-0.1, -0.05) is 0 Å². The maximum atomic E-state index is 13.1. The van der Waals surface area contributed by atoms with Crippen LogP contribution in [0.1, 0.15) is 45.0 Å². The first kappa shape index (κ1) is 23.1. The van der Waals surface area contributed by atoms with Crippen molar-refractivity contribution in [1.29, 1.82) is 0 Å². The highest BCUT2D eigenvalue weighted by molar-refractivity contribution is 6.08. The van der Waals surface area contributed by atoms with E-state index in [1.807, 2.05) is 20.8 Å². The van der Waals surface area contributed by atoms with Crippen molar-refractivity contribution in [3.63, 3.8) is 0 Å². The molecule has 1 aliphatic rings. The number of rotatable bonds is 5. The average molecular weight is 440 g/mol. The van der Waals surface area contributed by atoms with Crippen LogP contribution in [-0.4, -0.2) is 42.5 Å². The van der Waals surface area contributed by atoms with Gasteiger partial charge in [-0.25, -0.2) is 0 Å². The number of methoxy groups -OCH3 is 1. The maximum Gasteiger partial charge on any atom is 0.271 e. The third kappa shape index (κ3) is 5.19. The Labute approximate surface area is 187 Å². The minimum absolute atomic E-state index is 0.227. The molecule has 0 atom stereocenters. The number of hydrogen-bond donors (Lipinski definition) is 2. The minimum Gasteiger partial charge on any atom is -0.497 e. The lowest BCUT2D eigenvalue weighted by Gasteiger charge is -2.38. The van der Waals surface area contributed by atoms with E-state index in [0.717, 1.165) is 0 Å². The topological polar surface area (TPSA) is 97.0 Å². The number of hydrogen-bond acceptors (Lipinski definition) is 5. The lowest BCUT2D eigenvalue weighted by Crippen LogP contribution is -2.54. The molecule has 3 rings (SSSR count). The second kappa shape index (κ2) is 8.53. The molecule has 0 unspecified atom stereocenters. The lowest BCUT2D eigenvalue weighted by atomic mass is 10.0. The quantitative estimate of drug-likeness (QED) is 0.745. The third-order valence-electron chi connectivity index (χ3n) is 4.80. The second-order valence-electron chi connectivity index (χ2n) is 9.17. The van der Waals surface area contributed by atoms with E-state index >= 15 is 0 Å². The Balaban J connectivity index is 1.87. The Morgan fingerprint density at radius 3 is 2.34 bits per heavy atom. The fraction of sp³-hybridized carbons (Fsp3) is 0.375. The van der Waals surface area contributed by atoms with Crippen LogP contribution in [0, 0.1) is 0 Å². The summed E-state index contributed by atoms with van der Waals surface area (Å²) in [6.45, 7) is 8.71. The molecule has 2 N–H and O–H groups in total. The van der Waals surface area contributed by atoms with E-state index in [4.69, 9.17) is 9.47 Å². The van der Waals surface area contributed by atoms with Crippen molar-refractivity contribution in [3.8, 4) is 11.5 Å². The maximum absolute atomic E-state index is 13.1. The smallest absolute Gasteiger partial charge is 0.271 e. The number of carbonyl (C=O) groups is 3. The highest BCUT2D eigenvalue weighted by Crippen LogP contribution is 2.38. The van der Waals surface area contributed by atoms with Crippen molar-refractivity contribution in [3.05, 3.63) is 48.0 Å². The van der Waals surface area contributed by atoms with E-state index < -0.39 is 11.1 Å². The molecule has 0 radical (unpaired) electrons. The number of nitrogens with zero attached hydrogens (tertiary/aromatic N) is 1. The number of carbonyl (C=O) groups excluding carboxylic acids is 3. The molecule has 170 valence electrons. The van der Waals surface area contributed by atoms with Gasteiger partial charge in [-0.3, -0.25) is 19.3 Å². The summed E-state index contributed by atoms with van der Waals surface area (Å²) in [5, 5.41) is 5.67. The van der Waals surface area contributed by atoms with E-state index in [1.165, 1.54) is 4.90 Å². The zero-order valence-corrected chi connectivity index (χ0v) is 19.2. The first-order chi connectivity index (χ1) is 14.9. The Kier molecular flexibility index (Phi) is 6.16.